The second-order valence-electron chi connectivity index (χ2n) is 7.60. The summed E-state index contributed by atoms with van der Waals surface area (Å²) in [5.41, 5.74) is 5.00. The van der Waals surface area contributed by atoms with E-state index >= 15 is 0 Å². The Kier molecular flexibility index (Phi) is 5.46. The van der Waals surface area contributed by atoms with Crippen molar-refractivity contribution in [3.63, 3.8) is 0 Å². The SMILES string of the molecule is CCc1cnn(-c2cnc3c(c2)N(C(=O)CNCc2cccc(C)c2)C(C)C3=O)c1. The zero-order chi connectivity index (χ0) is 21.3. The van der Waals surface area contributed by atoms with Crippen LogP contribution in [0.5, 0.6) is 0 Å². The molecule has 1 N–H and O–H groups in total. The molecule has 0 aliphatic carbocycles. The molecule has 0 saturated heterocycles. The molecule has 0 saturated carbocycles. The first-order chi connectivity index (χ1) is 14.5. The van der Waals surface area contributed by atoms with E-state index in [1.54, 1.807) is 28.9 Å². The van der Waals surface area contributed by atoms with Gasteiger partial charge >= 0.3 is 0 Å². The van der Waals surface area contributed by atoms with Crippen LogP contribution >= 0.6 is 0 Å². The number of anilines is 1. The van der Waals surface area contributed by atoms with Crippen LogP contribution in [0.2, 0.25) is 0 Å². The van der Waals surface area contributed by atoms with Crippen LogP contribution < -0.4 is 10.2 Å². The lowest BCUT2D eigenvalue weighted by Crippen LogP contribution is -2.43. The largest absolute Gasteiger partial charge is 0.304 e. The van der Waals surface area contributed by atoms with E-state index < -0.39 is 6.04 Å². The fraction of sp³-hybridized carbons (Fsp3) is 0.304. The lowest BCUT2D eigenvalue weighted by atomic mass is 10.1. The van der Waals surface area contributed by atoms with E-state index in [1.807, 2.05) is 37.4 Å². The van der Waals surface area contributed by atoms with Gasteiger partial charge in [-0.15, -0.1) is 0 Å². The molecule has 7 nitrogen and oxygen atoms in total. The Morgan fingerprint density at radius 2 is 2.03 bits per heavy atom. The van der Waals surface area contributed by atoms with E-state index in [0.717, 1.165) is 23.2 Å². The molecule has 0 bridgehead atoms. The molecule has 1 amide bonds. The van der Waals surface area contributed by atoms with Gasteiger partial charge in [0, 0.05) is 12.7 Å². The summed E-state index contributed by atoms with van der Waals surface area (Å²) >= 11 is 0. The van der Waals surface area contributed by atoms with E-state index in [2.05, 4.69) is 28.4 Å². The quantitative estimate of drug-likeness (QED) is 0.685. The maximum Gasteiger partial charge on any atom is 0.241 e. The zero-order valence-corrected chi connectivity index (χ0v) is 17.4. The van der Waals surface area contributed by atoms with Gasteiger partial charge in [-0.3, -0.25) is 14.5 Å². The predicted octanol–water partition coefficient (Wildman–Crippen LogP) is 2.85. The summed E-state index contributed by atoms with van der Waals surface area (Å²) in [5.74, 6) is -0.297. The van der Waals surface area contributed by atoms with Gasteiger partial charge in [0.2, 0.25) is 11.7 Å². The van der Waals surface area contributed by atoms with Gasteiger partial charge in [-0.2, -0.15) is 5.10 Å². The van der Waals surface area contributed by atoms with Gasteiger partial charge in [0.1, 0.15) is 5.69 Å². The second-order valence-corrected chi connectivity index (χ2v) is 7.60. The predicted molar refractivity (Wildman–Crippen MR) is 115 cm³/mol. The minimum Gasteiger partial charge on any atom is -0.304 e. The number of aromatic nitrogens is 3. The summed E-state index contributed by atoms with van der Waals surface area (Å²) in [6.07, 6.45) is 6.24. The molecule has 7 heteroatoms. The normalized spacial score (nSPS) is 15.5. The van der Waals surface area contributed by atoms with Gasteiger partial charge in [-0.1, -0.05) is 36.8 Å². The van der Waals surface area contributed by atoms with Crippen LogP contribution in [-0.4, -0.2) is 39.0 Å². The number of pyridine rings is 1. The Bertz CT molecular complexity index is 1100. The molecule has 0 radical (unpaired) electrons. The molecule has 1 atom stereocenters. The minimum atomic E-state index is -0.570. The van der Waals surface area contributed by atoms with Gasteiger partial charge in [0.15, 0.2) is 0 Å². The van der Waals surface area contributed by atoms with Gasteiger partial charge in [-0.05, 0) is 37.5 Å². The Morgan fingerprint density at radius 3 is 2.77 bits per heavy atom. The summed E-state index contributed by atoms with van der Waals surface area (Å²) in [6, 6.07) is 9.38. The van der Waals surface area contributed by atoms with E-state index in [9.17, 15) is 9.59 Å². The number of hydrogen-bond acceptors (Lipinski definition) is 5. The van der Waals surface area contributed by atoms with Crippen LogP contribution in [0.15, 0.2) is 48.9 Å². The molecule has 1 aromatic carbocycles. The van der Waals surface area contributed by atoms with Crippen LogP contribution in [0.25, 0.3) is 5.69 Å². The Hall–Kier alpha value is -3.32. The number of ketones is 1. The van der Waals surface area contributed by atoms with Crippen molar-refractivity contribution >= 4 is 17.4 Å². The number of Topliss-reactive ketones (excluding diaryl/α,β-unsaturated/α-hetero) is 1. The van der Waals surface area contributed by atoms with Crippen LogP contribution in [0, 0.1) is 6.92 Å². The number of benzene rings is 1. The number of rotatable bonds is 6. The van der Waals surface area contributed by atoms with Gasteiger partial charge in [-0.25, -0.2) is 9.67 Å². The number of amides is 1. The Morgan fingerprint density at radius 1 is 1.20 bits per heavy atom. The van der Waals surface area contributed by atoms with Crippen molar-refractivity contribution in [1.82, 2.24) is 20.1 Å². The van der Waals surface area contributed by atoms with Crippen LogP contribution in [-0.2, 0) is 17.8 Å². The van der Waals surface area contributed by atoms with Crippen molar-refractivity contribution in [1.29, 1.82) is 0 Å². The van der Waals surface area contributed by atoms with Gasteiger partial charge < -0.3 is 5.32 Å². The smallest absolute Gasteiger partial charge is 0.241 e. The number of fused-ring (bicyclic) bond motifs is 1. The monoisotopic (exact) mass is 403 g/mol. The highest BCUT2D eigenvalue weighted by atomic mass is 16.2. The third kappa shape index (κ3) is 3.76. The molecule has 154 valence electrons. The first-order valence-electron chi connectivity index (χ1n) is 10.1. The molecular formula is C23H25N5O2. The lowest BCUT2D eigenvalue weighted by Gasteiger charge is -2.22. The van der Waals surface area contributed by atoms with Crippen LogP contribution in [0.4, 0.5) is 5.69 Å². The molecule has 3 heterocycles. The van der Waals surface area contributed by atoms with Crippen LogP contribution in [0.1, 0.15) is 41.0 Å². The summed E-state index contributed by atoms with van der Waals surface area (Å²) < 4.78 is 1.72. The number of hydrogen-bond donors (Lipinski definition) is 1. The zero-order valence-electron chi connectivity index (χ0n) is 17.4. The Balaban J connectivity index is 1.53. The maximum absolute atomic E-state index is 13.0. The molecule has 1 aliphatic heterocycles. The summed E-state index contributed by atoms with van der Waals surface area (Å²) in [7, 11) is 0. The number of carbonyl (C=O) groups is 2. The first kappa shape index (κ1) is 20.0. The fourth-order valence-corrected chi connectivity index (χ4v) is 3.72. The molecule has 4 rings (SSSR count). The number of nitrogens with one attached hydrogen (secondary N) is 1. The first-order valence-corrected chi connectivity index (χ1v) is 10.1. The molecular weight excluding hydrogens is 378 g/mol. The Labute approximate surface area is 175 Å². The van der Waals surface area contributed by atoms with E-state index in [1.165, 1.54) is 5.56 Å². The van der Waals surface area contributed by atoms with Gasteiger partial charge in [0.25, 0.3) is 0 Å². The molecule has 2 aromatic heterocycles. The van der Waals surface area contributed by atoms with E-state index in [0.29, 0.717) is 17.9 Å². The second kappa shape index (κ2) is 8.20. The standard InChI is InChI=1S/C23H25N5O2/c1-4-17-11-26-27(14-17)19-9-20-22(25-12-19)23(30)16(3)28(20)21(29)13-24-10-18-7-5-6-15(2)8-18/h5-9,11-12,14,16,24H,4,10,13H2,1-3H3. The minimum absolute atomic E-state index is 0.136. The highest BCUT2D eigenvalue weighted by Gasteiger charge is 2.39. The van der Waals surface area contributed by atoms with Crippen molar-refractivity contribution in [2.24, 2.45) is 0 Å². The molecule has 0 fully saturated rings. The number of carbonyl (C=O) groups excluding carboxylic acids is 2. The van der Waals surface area contributed by atoms with Crippen molar-refractivity contribution in [2.45, 2.75) is 39.8 Å². The highest BCUT2D eigenvalue weighted by Crippen LogP contribution is 2.32. The lowest BCUT2D eigenvalue weighted by molar-refractivity contribution is -0.118. The third-order valence-corrected chi connectivity index (χ3v) is 5.38. The molecule has 3 aromatic rings. The van der Waals surface area contributed by atoms with Crippen LogP contribution in [0.3, 0.4) is 0 Å². The van der Waals surface area contributed by atoms with Crippen molar-refractivity contribution in [3.05, 3.63) is 71.3 Å². The highest BCUT2D eigenvalue weighted by molar-refractivity contribution is 6.17. The van der Waals surface area contributed by atoms with E-state index in [4.69, 9.17) is 0 Å². The average Bonchev–Trinajstić information content (AvgIpc) is 3.31. The summed E-state index contributed by atoms with van der Waals surface area (Å²) in [4.78, 5) is 31.5. The molecule has 30 heavy (non-hydrogen) atoms. The van der Waals surface area contributed by atoms with Crippen molar-refractivity contribution in [2.75, 3.05) is 11.4 Å². The van der Waals surface area contributed by atoms with Crippen molar-refractivity contribution < 1.29 is 9.59 Å². The molecule has 0 spiro atoms. The maximum atomic E-state index is 13.0. The topological polar surface area (TPSA) is 80.1 Å². The molecule has 1 aliphatic rings. The van der Waals surface area contributed by atoms with Crippen molar-refractivity contribution in [3.8, 4) is 5.69 Å². The number of aryl methyl sites for hydroxylation is 2. The summed E-state index contributed by atoms with van der Waals surface area (Å²) in [5, 5.41) is 7.55. The summed E-state index contributed by atoms with van der Waals surface area (Å²) in [6.45, 7) is 6.56. The fourth-order valence-electron chi connectivity index (χ4n) is 3.72. The van der Waals surface area contributed by atoms with Gasteiger partial charge in [0.05, 0.1) is 36.4 Å². The number of nitrogens with zero attached hydrogens (tertiary/aromatic N) is 4. The molecule has 1 unspecified atom stereocenters. The van der Waals surface area contributed by atoms with E-state index in [-0.39, 0.29) is 18.2 Å². The average molecular weight is 403 g/mol. The third-order valence-electron chi connectivity index (χ3n) is 5.38.